The summed E-state index contributed by atoms with van der Waals surface area (Å²) in [5.41, 5.74) is 3.18. The minimum absolute atomic E-state index is 0.0147. The number of amides is 1. The van der Waals surface area contributed by atoms with Crippen LogP contribution in [0.15, 0.2) is 30.6 Å². The summed E-state index contributed by atoms with van der Waals surface area (Å²) in [6.07, 6.45) is 3.81. The summed E-state index contributed by atoms with van der Waals surface area (Å²) in [6.45, 7) is 5.53. The maximum absolute atomic E-state index is 12.8. The van der Waals surface area contributed by atoms with Gasteiger partial charge in [0.1, 0.15) is 17.2 Å². The number of aliphatic hydroxyl groups excluding tert-OH is 1. The number of fused-ring (bicyclic) bond motifs is 2. The van der Waals surface area contributed by atoms with Crippen LogP contribution in [0.4, 0.5) is 10.8 Å². The largest absolute Gasteiger partial charge is 0.490 e. The first-order valence-corrected chi connectivity index (χ1v) is 11.4. The van der Waals surface area contributed by atoms with Crippen LogP contribution in [-0.2, 0) is 7.05 Å². The molecule has 2 aliphatic rings. The van der Waals surface area contributed by atoms with E-state index < -0.39 is 5.54 Å². The van der Waals surface area contributed by atoms with Gasteiger partial charge >= 0.3 is 0 Å². The van der Waals surface area contributed by atoms with E-state index in [1.165, 1.54) is 11.3 Å². The summed E-state index contributed by atoms with van der Waals surface area (Å²) in [6, 6.07) is 5.88. The second-order valence-electron chi connectivity index (χ2n) is 8.58. The normalized spacial score (nSPS) is 19.2. The van der Waals surface area contributed by atoms with Gasteiger partial charge in [0.05, 0.1) is 42.3 Å². The van der Waals surface area contributed by atoms with Gasteiger partial charge in [0.2, 0.25) is 0 Å². The third kappa shape index (κ3) is 3.54. The van der Waals surface area contributed by atoms with Gasteiger partial charge < -0.3 is 25.4 Å². The Labute approximate surface area is 190 Å². The van der Waals surface area contributed by atoms with Crippen molar-refractivity contribution in [2.75, 3.05) is 31.2 Å². The molecular formula is C22H26N6O3S. The smallest absolute Gasteiger partial charge is 0.263 e. The summed E-state index contributed by atoms with van der Waals surface area (Å²) >= 11 is 1.39. The molecule has 1 unspecified atom stereocenters. The minimum Gasteiger partial charge on any atom is -0.490 e. The first-order valence-electron chi connectivity index (χ1n) is 10.6. The lowest BCUT2D eigenvalue weighted by Crippen LogP contribution is -2.56. The number of nitrogens with zero attached hydrogens (tertiary/aromatic N) is 4. The first kappa shape index (κ1) is 20.9. The number of carbonyl (C=O) groups is 1. The Balaban J connectivity index is 1.55. The number of aromatic nitrogens is 3. The summed E-state index contributed by atoms with van der Waals surface area (Å²) < 4.78 is 7.67. The standard InChI is InChI=1S/C22H26N6O3S/c1-22(2)19(23-6-8-29)17-18(20(30)26-22)32-21(25-17)28-7-9-31-16-5-4-13(10-15(16)28)14-11-24-27(3)12-14/h4-5,10-12,19,23,29H,6-9H2,1-3H3,(H,26,30). The molecule has 10 heteroatoms. The Morgan fingerprint density at radius 3 is 2.97 bits per heavy atom. The van der Waals surface area contributed by atoms with Crippen LogP contribution in [0.25, 0.3) is 11.1 Å². The molecule has 0 aliphatic carbocycles. The summed E-state index contributed by atoms with van der Waals surface area (Å²) in [5.74, 6) is 0.671. The van der Waals surface area contributed by atoms with E-state index in [0.717, 1.165) is 33.4 Å². The molecule has 1 amide bonds. The van der Waals surface area contributed by atoms with E-state index in [1.54, 1.807) is 4.68 Å². The number of rotatable bonds is 5. The molecule has 1 atom stereocenters. The number of benzene rings is 1. The zero-order valence-corrected chi connectivity index (χ0v) is 19.1. The van der Waals surface area contributed by atoms with Crippen LogP contribution in [0.3, 0.4) is 0 Å². The van der Waals surface area contributed by atoms with E-state index >= 15 is 0 Å². The third-order valence-corrected chi connectivity index (χ3v) is 6.92. The van der Waals surface area contributed by atoms with Crippen molar-refractivity contribution in [3.8, 4) is 16.9 Å². The van der Waals surface area contributed by atoms with Crippen LogP contribution in [-0.4, -0.2) is 57.6 Å². The molecule has 9 nitrogen and oxygen atoms in total. The zero-order valence-electron chi connectivity index (χ0n) is 18.3. The van der Waals surface area contributed by atoms with Crippen molar-refractivity contribution in [3.05, 3.63) is 41.2 Å². The maximum Gasteiger partial charge on any atom is 0.263 e. The Bertz CT molecular complexity index is 1170. The fourth-order valence-corrected chi connectivity index (χ4v) is 5.32. The number of aryl methyl sites for hydroxylation is 1. The third-order valence-electron chi connectivity index (χ3n) is 5.83. The SMILES string of the molecule is Cn1cc(-c2ccc3c(c2)N(c2nc4c(s2)C(=O)NC(C)(C)C4NCCO)CCO3)cn1. The molecular weight excluding hydrogens is 428 g/mol. The highest BCUT2D eigenvalue weighted by molar-refractivity contribution is 7.17. The van der Waals surface area contributed by atoms with Crippen molar-refractivity contribution in [2.24, 2.45) is 7.05 Å². The predicted molar refractivity (Wildman–Crippen MR) is 123 cm³/mol. The van der Waals surface area contributed by atoms with E-state index in [-0.39, 0.29) is 18.6 Å². The van der Waals surface area contributed by atoms with Gasteiger partial charge in [0, 0.05) is 25.4 Å². The molecule has 168 valence electrons. The van der Waals surface area contributed by atoms with Crippen molar-refractivity contribution < 1.29 is 14.6 Å². The van der Waals surface area contributed by atoms with Crippen LogP contribution >= 0.6 is 11.3 Å². The van der Waals surface area contributed by atoms with Crippen molar-refractivity contribution >= 4 is 28.1 Å². The summed E-state index contributed by atoms with van der Waals surface area (Å²) in [5, 5.41) is 20.7. The summed E-state index contributed by atoms with van der Waals surface area (Å²) in [4.78, 5) is 20.5. The van der Waals surface area contributed by atoms with Gasteiger partial charge in [-0.25, -0.2) is 4.98 Å². The van der Waals surface area contributed by atoms with Gasteiger partial charge in [-0.2, -0.15) is 5.10 Å². The molecule has 3 aromatic rings. The molecule has 32 heavy (non-hydrogen) atoms. The number of aliphatic hydroxyl groups is 1. The Morgan fingerprint density at radius 2 is 2.22 bits per heavy atom. The number of hydrogen-bond donors (Lipinski definition) is 3. The Morgan fingerprint density at radius 1 is 1.38 bits per heavy atom. The molecule has 4 heterocycles. The average molecular weight is 455 g/mol. The molecule has 2 aromatic heterocycles. The van der Waals surface area contributed by atoms with Gasteiger partial charge in [-0.3, -0.25) is 9.48 Å². The highest BCUT2D eigenvalue weighted by Crippen LogP contribution is 2.44. The molecule has 1 aromatic carbocycles. The molecule has 0 radical (unpaired) electrons. The molecule has 2 aliphatic heterocycles. The van der Waals surface area contributed by atoms with Gasteiger partial charge in [-0.05, 0) is 31.5 Å². The zero-order chi connectivity index (χ0) is 22.5. The number of hydrogen-bond acceptors (Lipinski definition) is 8. The highest BCUT2D eigenvalue weighted by atomic mass is 32.1. The van der Waals surface area contributed by atoms with E-state index in [1.807, 2.05) is 45.4 Å². The molecule has 0 saturated carbocycles. The average Bonchev–Trinajstić information content (AvgIpc) is 3.39. The van der Waals surface area contributed by atoms with Crippen LogP contribution < -0.4 is 20.3 Å². The lowest BCUT2D eigenvalue weighted by atomic mass is 9.88. The van der Waals surface area contributed by atoms with E-state index in [0.29, 0.717) is 24.6 Å². The fourth-order valence-electron chi connectivity index (χ4n) is 4.28. The summed E-state index contributed by atoms with van der Waals surface area (Å²) in [7, 11) is 1.89. The van der Waals surface area contributed by atoms with Crippen molar-refractivity contribution in [3.63, 3.8) is 0 Å². The topological polar surface area (TPSA) is 105 Å². The predicted octanol–water partition coefficient (Wildman–Crippen LogP) is 2.22. The van der Waals surface area contributed by atoms with Crippen molar-refractivity contribution in [2.45, 2.75) is 25.4 Å². The van der Waals surface area contributed by atoms with Crippen molar-refractivity contribution in [1.82, 2.24) is 25.4 Å². The first-order chi connectivity index (χ1) is 15.4. The number of thiazole rings is 1. The van der Waals surface area contributed by atoms with E-state index in [4.69, 9.17) is 9.72 Å². The minimum atomic E-state index is -0.527. The van der Waals surface area contributed by atoms with Crippen LogP contribution in [0.1, 0.15) is 35.3 Å². The number of nitrogens with one attached hydrogen (secondary N) is 2. The highest BCUT2D eigenvalue weighted by Gasteiger charge is 2.42. The maximum atomic E-state index is 12.8. The Hall–Kier alpha value is -2.95. The van der Waals surface area contributed by atoms with Crippen LogP contribution in [0.2, 0.25) is 0 Å². The van der Waals surface area contributed by atoms with Gasteiger partial charge in [-0.1, -0.05) is 17.4 Å². The number of anilines is 2. The second kappa shape index (κ2) is 7.88. The van der Waals surface area contributed by atoms with Crippen LogP contribution in [0.5, 0.6) is 5.75 Å². The molecule has 0 bridgehead atoms. The monoisotopic (exact) mass is 454 g/mol. The quantitative estimate of drug-likeness (QED) is 0.543. The van der Waals surface area contributed by atoms with E-state index in [9.17, 15) is 9.90 Å². The number of carbonyl (C=O) groups excluding carboxylic acids is 1. The lowest BCUT2D eigenvalue weighted by Gasteiger charge is -2.38. The number of ether oxygens (including phenoxy) is 1. The fraction of sp³-hybridized carbons (Fsp3) is 0.409. The molecule has 0 fully saturated rings. The molecule has 0 spiro atoms. The lowest BCUT2D eigenvalue weighted by molar-refractivity contribution is 0.0866. The second-order valence-corrected chi connectivity index (χ2v) is 9.56. The van der Waals surface area contributed by atoms with Gasteiger partial charge in [-0.15, -0.1) is 0 Å². The molecule has 5 rings (SSSR count). The van der Waals surface area contributed by atoms with Crippen LogP contribution in [0, 0.1) is 0 Å². The Kier molecular flexibility index (Phi) is 5.15. The molecule has 0 saturated heterocycles. The molecule has 3 N–H and O–H groups in total. The van der Waals surface area contributed by atoms with Gasteiger partial charge in [0.25, 0.3) is 5.91 Å². The van der Waals surface area contributed by atoms with Gasteiger partial charge in [0.15, 0.2) is 5.13 Å². The van der Waals surface area contributed by atoms with Crippen molar-refractivity contribution in [1.29, 1.82) is 0 Å². The van der Waals surface area contributed by atoms with E-state index in [2.05, 4.69) is 26.7 Å².